The summed E-state index contributed by atoms with van der Waals surface area (Å²) < 4.78 is 22.6. The van der Waals surface area contributed by atoms with Crippen molar-refractivity contribution in [2.75, 3.05) is 11.9 Å². The van der Waals surface area contributed by atoms with Crippen LogP contribution in [0.25, 0.3) is 0 Å². The van der Waals surface area contributed by atoms with Gasteiger partial charge in [0.1, 0.15) is 0 Å². The van der Waals surface area contributed by atoms with Gasteiger partial charge in [-0.3, -0.25) is 4.79 Å². The number of carbonyl (C=O) groups excluding carboxylic acids is 1. The molecule has 0 aliphatic rings. The second-order valence-electron chi connectivity index (χ2n) is 6.87. The van der Waals surface area contributed by atoms with Crippen LogP contribution in [0, 0.1) is 13.8 Å². The predicted octanol–water partition coefficient (Wildman–Crippen LogP) is 2.46. The van der Waals surface area contributed by atoms with Gasteiger partial charge in [-0.2, -0.15) is 0 Å². The average molecular weight is 426 g/mol. The van der Waals surface area contributed by atoms with Crippen LogP contribution in [0.2, 0.25) is 0 Å². The van der Waals surface area contributed by atoms with Gasteiger partial charge in [0.25, 0.3) is 5.91 Å². The quantitative estimate of drug-likeness (QED) is 0.534. The van der Waals surface area contributed by atoms with Crippen molar-refractivity contribution in [3.05, 3.63) is 77.1 Å². The molecular weight excluding hydrogens is 402 g/mol. The van der Waals surface area contributed by atoms with Crippen molar-refractivity contribution in [3.8, 4) is 0 Å². The number of primary sulfonamides is 1. The van der Waals surface area contributed by atoms with Gasteiger partial charge in [0, 0.05) is 29.2 Å². The molecule has 0 radical (unpaired) electrons. The van der Waals surface area contributed by atoms with E-state index < -0.39 is 10.0 Å². The second-order valence-corrected chi connectivity index (χ2v) is 8.44. The van der Waals surface area contributed by atoms with Crippen LogP contribution in [-0.4, -0.2) is 30.8 Å². The van der Waals surface area contributed by atoms with Gasteiger partial charge in [-0.1, -0.05) is 18.2 Å². The van der Waals surface area contributed by atoms with Crippen molar-refractivity contribution in [1.29, 1.82) is 0 Å². The number of aryl methyl sites for hydroxylation is 2. The lowest BCUT2D eigenvalue weighted by Crippen LogP contribution is -2.25. The van der Waals surface area contributed by atoms with Crippen LogP contribution in [0.5, 0.6) is 0 Å². The van der Waals surface area contributed by atoms with Gasteiger partial charge in [-0.25, -0.2) is 23.5 Å². The molecule has 4 N–H and O–H groups in total. The Morgan fingerprint density at radius 3 is 2.30 bits per heavy atom. The standard InChI is InChI=1S/C21H23N5O3S/c1-14-12-15(2)25-21(24-14)26-18-5-3-4-17(13-18)20(27)23-11-10-16-6-8-19(9-7-16)30(22,28)29/h3-9,12-13H,10-11H2,1-2H3,(H,23,27)(H2,22,28,29)(H,24,25,26). The first kappa shape index (κ1) is 21.4. The Kier molecular flexibility index (Phi) is 6.43. The molecule has 0 spiro atoms. The number of sulfonamides is 1. The molecule has 8 nitrogen and oxygen atoms in total. The third-order valence-corrected chi connectivity index (χ3v) is 5.24. The largest absolute Gasteiger partial charge is 0.352 e. The summed E-state index contributed by atoms with van der Waals surface area (Å²) >= 11 is 0. The van der Waals surface area contributed by atoms with E-state index in [1.54, 1.807) is 30.3 Å². The van der Waals surface area contributed by atoms with E-state index in [2.05, 4.69) is 20.6 Å². The fourth-order valence-corrected chi connectivity index (χ4v) is 3.43. The number of hydrogen-bond donors (Lipinski definition) is 3. The van der Waals surface area contributed by atoms with Crippen molar-refractivity contribution < 1.29 is 13.2 Å². The monoisotopic (exact) mass is 425 g/mol. The first-order valence-corrected chi connectivity index (χ1v) is 10.8. The number of rotatable bonds is 7. The van der Waals surface area contributed by atoms with Crippen molar-refractivity contribution in [2.24, 2.45) is 5.14 Å². The number of nitrogens with one attached hydrogen (secondary N) is 2. The van der Waals surface area contributed by atoms with Crippen LogP contribution in [0.3, 0.4) is 0 Å². The maximum Gasteiger partial charge on any atom is 0.251 e. The molecule has 3 aromatic rings. The van der Waals surface area contributed by atoms with Crippen LogP contribution in [-0.2, 0) is 16.4 Å². The molecule has 0 atom stereocenters. The summed E-state index contributed by atoms with van der Waals surface area (Å²) in [4.78, 5) is 21.2. The normalized spacial score (nSPS) is 11.2. The molecule has 0 saturated heterocycles. The Labute approximate surface area is 175 Å². The molecular formula is C21H23N5O3S. The van der Waals surface area contributed by atoms with Crippen LogP contribution in [0.4, 0.5) is 11.6 Å². The third kappa shape index (κ3) is 5.85. The minimum Gasteiger partial charge on any atom is -0.352 e. The second kappa shape index (κ2) is 9.02. The number of aromatic nitrogens is 2. The topological polar surface area (TPSA) is 127 Å². The highest BCUT2D eigenvalue weighted by atomic mass is 32.2. The van der Waals surface area contributed by atoms with Crippen molar-refractivity contribution in [3.63, 3.8) is 0 Å². The van der Waals surface area contributed by atoms with Crippen LogP contribution < -0.4 is 15.8 Å². The van der Waals surface area contributed by atoms with E-state index in [1.165, 1.54) is 12.1 Å². The lowest BCUT2D eigenvalue weighted by Gasteiger charge is -2.09. The Morgan fingerprint density at radius 2 is 1.67 bits per heavy atom. The van der Waals surface area contributed by atoms with Gasteiger partial charge in [0.15, 0.2) is 0 Å². The number of carbonyl (C=O) groups is 1. The van der Waals surface area contributed by atoms with E-state index in [1.807, 2.05) is 26.0 Å². The highest BCUT2D eigenvalue weighted by Gasteiger charge is 2.09. The predicted molar refractivity (Wildman–Crippen MR) is 115 cm³/mol. The molecule has 0 saturated carbocycles. The van der Waals surface area contributed by atoms with Gasteiger partial charge >= 0.3 is 0 Å². The maximum absolute atomic E-state index is 12.5. The summed E-state index contributed by atoms with van der Waals surface area (Å²) in [5.41, 5.74) is 3.83. The minimum absolute atomic E-state index is 0.0624. The van der Waals surface area contributed by atoms with Gasteiger partial charge < -0.3 is 10.6 Å². The first-order chi connectivity index (χ1) is 14.2. The fraction of sp³-hybridized carbons (Fsp3) is 0.190. The molecule has 9 heteroatoms. The number of anilines is 2. The van der Waals surface area contributed by atoms with Crippen molar-refractivity contribution in [1.82, 2.24) is 15.3 Å². The number of amides is 1. The van der Waals surface area contributed by atoms with Gasteiger partial charge in [-0.05, 0) is 62.2 Å². The van der Waals surface area contributed by atoms with Crippen LogP contribution in [0.1, 0.15) is 27.3 Å². The maximum atomic E-state index is 12.5. The highest BCUT2D eigenvalue weighted by Crippen LogP contribution is 2.16. The first-order valence-electron chi connectivity index (χ1n) is 9.30. The van der Waals surface area contributed by atoms with E-state index in [-0.39, 0.29) is 10.8 Å². The summed E-state index contributed by atoms with van der Waals surface area (Å²) in [6, 6.07) is 15.2. The van der Waals surface area contributed by atoms with E-state index in [9.17, 15) is 13.2 Å². The zero-order valence-corrected chi connectivity index (χ0v) is 17.5. The van der Waals surface area contributed by atoms with E-state index in [0.717, 1.165) is 17.0 Å². The molecule has 2 aromatic carbocycles. The number of benzene rings is 2. The van der Waals surface area contributed by atoms with Gasteiger partial charge in [0.05, 0.1) is 4.90 Å². The minimum atomic E-state index is -3.71. The zero-order chi connectivity index (χ0) is 21.7. The highest BCUT2D eigenvalue weighted by molar-refractivity contribution is 7.89. The smallest absolute Gasteiger partial charge is 0.251 e. The molecule has 30 heavy (non-hydrogen) atoms. The number of nitrogens with two attached hydrogens (primary N) is 1. The Hall–Kier alpha value is -3.30. The molecule has 1 amide bonds. The van der Waals surface area contributed by atoms with E-state index >= 15 is 0 Å². The molecule has 1 aromatic heterocycles. The lowest BCUT2D eigenvalue weighted by molar-refractivity contribution is 0.0954. The molecule has 0 bridgehead atoms. The van der Waals surface area contributed by atoms with E-state index in [0.29, 0.717) is 30.2 Å². The van der Waals surface area contributed by atoms with E-state index in [4.69, 9.17) is 5.14 Å². The average Bonchev–Trinajstić information content (AvgIpc) is 2.67. The molecule has 0 aliphatic carbocycles. The lowest BCUT2D eigenvalue weighted by atomic mass is 10.1. The molecule has 0 aliphatic heterocycles. The molecule has 0 unspecified atom stereocenters. The summed E-state index contributed by atoms with van der Waals surface area (Å²) in [5, 5.41) is 11.1. The molecule has 3 rings (SSSR count). The molecule has 0 fully saturated rings. The van der Waals surface area contributed by atoms with Crippen LogP contribution >= 0.6 is 0 Å². The molecule has 156 valence electrons. The summed E-state index contributed by atoms with van der Waals surface area (Å²) in [7, 11) is -3.71. The zero-order valence-electron chi connectivity index (χ0n) is 16.7. The van der Waals surface area contributed by atoms with Gasteiger partial charge in [0.2, 0.25) is 16.0 Å². The van der Waals surface area contributed by atoms with Crippen LogP contribution in [0.15, 0.2) is 59.5 Å². The van der Waals surface area contributed by atoms with Gasteiger partial charge in [-0.15, -0.1) is 0 Å². The summed E-state index contributed by atoms with van der Waals surface area (Å²) in [5.74, 6) is 0.272. The summed E-state index contributed by atoms with van der Waals surface area (Å²) in [6.45, 7) is 4.20. The summed E-state index contributed by atoms with van der Waals surface area (Å²) in [6.07, 6.45) is 0.561. The number of hydrogen-bond acceptors (Lipinski definition) is 6. The Morgan fingerprint density at radius 1 is 1.00 bits per heavy atom. The fourth-order valence-electron chi connectivity index (χ4n) is 2.92. The Balaban J connectivity index is 1.58. The van der Waals surface area contributed by atoms with Crippen molar-refractivity contribution >= 4 is 27.6 Å². The molecule has 1 heterocycles. The van der Waals surface area contributed by atoms with Crippen molar-refractivity contribution in [2.45, 2.75) is 25.2 Å². The Bertz CT molecular complexity index is 1140. The third-order valence-electron chi connectivity index (χ3n) is 4.31. The SMILES string of the molecule is Cc1cc(C)nc(Nc2cccc(C(=O)NCCc3ccc(S(N)(=O)=O)cc3)c2)n1. The number of nitrogens with zero attached hydrogens (tertiary/aromatic N) is 2.